The number of anilines is 1. The van der Waals surface area contributed by atoms with Crippen molar-refractivity contribution in [3.8, 4) is 0 Å². The van der Waals surface area contributed by atoms with Gasteiger partial charge >= 0.3 is 0 Å². The Balaban J connectivity index is 1.88. The van der Waals surface area contributed by atoms with E-state index >= 15 is 0 Å². The normalized spacial score (nSPS) is 10.7. The highest BCUT2D eigenvalue weighted by Gasteiger charge is 2.15. The number of carbonyl (C=O) groups excluding carboxylic acids is 1. The summed E-state index contributed by atoms with van der Waals surface area (Å²) in [6.07, 6.45) is 1.92. The first-order chi connectivity index (χ1) is 9.60. The van der Waals surface area contributed by atoms with Crippen LogP contribution in [0.4, 0.5) is 5.82 Å². The van der Waals surface area contributed by atoms with E-state index in [9.17, 15) is 4.79 Å². The van der Waals surface area contributed by atoms with Gasteiger partial charge in [0.25, 0.3) is 0 Å². The largest absolute Gasteiger partial charge is 0.382 e. The van der Waals surface area contributed by atoms with Gasteiger partial charge in [-0.05, 0) is 24.0 Å². The van der Waals surface area contributed by atoms with E-state index < -0.39 is 0 Å². The van der Waals surface area contributed by atoms with E-state index in [4.69, 9.17) is 17.3 Å². The number of nitrogen functional groups attached to an aromatic ring is 1. The summed E-state index contributed by atoms with van der Waals surface area (Å²) >= 11 is 10.3. The summed E-state index contributed by atoms with van der Waals surface area (Å²) in [7, 11) is 0. The predicted octanol–water partition coefficient (Wildman–Crippen LogP) is 4.22. The molecule has 2 N–H and O–H groups in total. The number of carbonyl (C=O) groups is 1. The first-order valence-corrected chi connectivity index (χ1v) is 9.33. The van der Waals surface area contributed by atoms with Crippen LogP contribution in [0.2, 0.25) is 5.02 Å². The van der Waals surface area contributed by atoms with E-state index in [1.54, 1.807) is 11.8 Å². The van der Waals surface area contributed by atoms with Crippen LogP contribution in [0.3, 0.4) is 0 Å². The highest BCUT2D eigenvalue weighted by Crippen LogP contribution is 2.28. The van der Waals surface area contributed by atoms with Gasteiger partial charge in [0.2, 0.25) is 0 Å². The Morgan fingerprint density at radius 1 is 1.40 bits per heavy atom. The third-order valence-corrected chi connectivity index (χ3v) is 5.83. The summed E-state index contributed by atoms with van der Waals surface area (Å²) in [6, 6.07) is 7.63. The smallest absolute Gasteiger partial charge is 0.186 e. The summed E-state index contributed by atoms with van der Waals surface area (Å²) in [5.41, 5.74) is 6.91. The molecule has 7 heteroatoms. The molecule has 0 saturated carbocycles. The summed E-state index contributed by atoms with van der Waals surface area (Å²) in [4.78, 5) is 16.8. The molecule has 0 aliphatic heterocycles. The summed E-state index contributed by atoms with van der Waals surface area (Å²) in [5.74, 6) is 1.57. The third kappa shape index (κ3) is 4.15. The van der Waals surface area contributed by atoms with Crippen LogP contribution in [0.1, 0.15) is 15.2 Å². The van der Waals surface area contributed by atoms with Crippen LogP contribution in [0, 0.1) is 0 Å². The monoisotopic (exact) mass is 344 g/mol. The number of Topliss-reactive ketones (excluding diaryl/α,β-unsaturated/α-hetero) is 1. The fourth-order valence-electron chi connectivity index (χ4n) is 1.51. The molecule has 0 radical (unpaired) electrons. The first kappa shape index (κ1) is 15.7. The lowest BCUT2D eigenvalue weighted by Gasteiger charge is -2.01. The molecule has 0 atom stereocenters. The van der Waals surface area contributed by atoms with Crippen molar-refractivity contribution in [2.75, 3.05) is 17.7 Å². The molecule has 2 aromatic rings. The van der Waals surface area contributed by atoms with Crippen molar-refractivity contribution in [1.82, 2.24) is 4.98 Å². The molecule has 0 fully saturated rings. The number of aromatic nitrogens is 1. The predicted molar refractivity (Wildman–Crippen MR) is 90.3 cm³/mol. The Kier molecular flexibility index (Phi) is 5.77. The maximum absolute atomic E-state index is 12.1. The number of benzene rings is 1. The maximum Gasteiger partial charge on any atom is 0.186 e. The second kappa shape index (κ2) is 7.36. The molecule has 0 unspecified atom stereocenters. The van der Waals surface area contributed by atoms with Crippen LogP contribution in [-0.4, -0.2) is 22.8 Å². The van der Waals surface area contributed by atoms with Crippen molar-refractivity contribution in [2.45, 2.75) is 10.1 Å². The van der Waals surface area contributed by atoms with E-state index in [1.165, 1.54) is 23.1 Å². The second-order valence-corrected chi connectivity index (χ2v) is 7.42. The Morgan fingerprint density at radius 3 is 2.70 bits per heavy atom. The Hall–Kier alpha value is -0.690. The van der Waals surface area contributed by atoms with Crippen molar-refractivity contribution in [1.29, 1.82) is 0 Å². The Bertz CT molecular complexity index is 598. The number of ketones is 1. The molecule has 0 spiro atoms. The molecule has 0 bridgehead atoms. The second-order valence-electron chi connectivity index (χ2n) is 3.94. The fourth-order valence-corrected chi connectivity index (χ4v) is 4.01. The van der Waals surface area contributed by atoms with E-state index in [0.29, 0.717) is 16.4 Å². The van der Waals surface area contributed by atoms with Gasteiger partial charge < -0.3 is 5.73 Å². The molecule has 0 aliphatic rings. The quantitative estimate of drug-likeness (QED) is 0.628. The molecule has 2 rings (SSSR count). The Labute approximate surface area is 135 Å². The van der Waals surface area contributed by atoms with Crippen molar-refractivity contribution in [2.24, 2.45) is 0 Å². The van der Waals surface area contributed by atoms with Crippen LogP contribution < -0.4 is 5.73 Å². The Morgan fingerprint density at radius 2 is 2.10 bits per heavy atom. The average Bonchev–Trinajstić information content (AvgIpc) is 2.82. The lowest BCUT2D eigenvalue weighted by atomic mass is 10.2. The number of halogens is 1. The van der Waals surface area contributed by atoms with Crippen molar-refractivity contribution in [3.63, 3.8) is 0 Å². The zero-order valence-corrected chi connectivity index (χ0v) is 14.0. The van der Waals surface area contributed by atoms with Crippen LogP contribution in [-0.2, 0) is 5.75 Å². The van der Waals surface area contributed by atoms with Crippen molar-refractivity contribution >= 4 is 58.1 Å². The van der Waals surface area contributed by atoms with Gasteiger partial charge in [-0.15, -0.1) is 23.1 Å². The molecule has 3 nitrogen and oxygen atoms in total. The molecule has 0 amide bonds. The van der Waals surface area contributed by atoms with Gasteiger partial charge in [-0.1, -0.05) is 35.5 Å². The number of thiazole rings is 1. The minimum Gasteiger partial charge on any atom is -0.382 e. The van der Waals surface area contributed by atoms with Gasteiger partial charge in [-0.25, -0.2) is 4.98 Å². The van der Waals surface area contributed by atoms with Gasteiger partial charge in [-0.2, -0.15) is 0 Å². The molecule has 106 valence electrons. The number of hydrogen-bond donors (Lipinski definition) is 1. The zero-order valence-electron chi connectivity index (χ0n) is 10.8. The van der Waals surface area contributed by atoms with Crippen LogP contribution in [0.25, 0.3) is 0 Å². The van der Waals surface area contributed by atoms with E-state index in [1.807, 2.05) is 30.5 Å². The van der Waals surface area contributed by atoms with Crippen molar-refractivity contribution < 1.29 is 4.79 Å². The fraction of sp³-hybridized carbons (Fsp3) is 0.231. The van der Waals surface area contributed by atoms with E-state index in [0.717, 1.165) is 20.7 Å². The van der Waals surface area contributed by atoms with Gasteiger partial charge in [0.05, 0.1) is 5.75 Å². The lowest BCUT2D eigenvalue weighted by Crippen LogP contribution is -2.03. The number of nitrogens with two attached hydrogens (primary N) is 1. The molecule has 0 saturated heterocycles. The average molecular weight is 345 g/mol. The van der Waals surface area contributed by atoms with Crippen LogP contribution in [0.5, 0.6) is 0 Å². The SMILES string of the molecule is CSc1nc(N)c(C(=O)CSCc2ccc(Cl)cc2)s1. The highest BCUT2D eigenvalue weighted by atomic mass is 35.5. The van der Waals surface area contributed by atoms with Crippen LogP contribution >= 0.6 is 46.5 Å². The number of hydrogen-bond acceptors (Lipinski definition) is 6. The molecule has 1 heterocycles. The number of thioether (sulfide) groups is 2. The summed E-state index contributed by atoms with van der Waals surface area (Å²) in [5, 5.41) is 0.719. The molecule has 1 aromatic heterocycles. The minimum atomic E-state index is 0.0410. The minimum absolute atomic E-state index is 0.0410. The molecular weight excluding hydrogens is 332 g/mol. The first-order valence-electron chi connectivity index (χ1n) is 5.76. The standard InChI is InChI=1S/C13H13ClN2OS3/c1-18-13-16-12(15)11(20-13)10(17)7-19-6-8-2-4-9(14)5-3-8/h2-5H,6-7,15H2,1H3. The van der Waals surface area contributed by atoms with Gasteiger partial charge in [-0.3, -0.25) is 4.79 Å². The number of nitrogens with zero attached hydrogens (tertiary/aromatic N) is 1. The highest BCUT2D eigenvalue weighted by molar-refractivity contribution is 8.00. The maximum atomic E-state index is 12.1. The van der Waals surface area contributed by atoms with Gasteiger partial charge in [0.15, 0.2) is 10.1 Å². The number of rotatable bonds is 6. The van der Waals surface area contributed by atoms with Crippen LogP contribution in [0.15, 0.2) is 28.6 Å². The van der Waals surface area contributed by atoms with Gasteiger partial charge in [0.1, 0.15) is 10.7 Å². The molecule has 20 heavy (non-hydrogen) atoms. The topological polar surface area (TPSA) is 56.0 Å². The van der Waals surface area contributed by atoms with E-state index in [-0.39, 0.29) is 5.78 Å². The summed E-state index contributed by atoms with van der Waals surface area (Å²) in [6.45, 7) is 0. The zero-order chi connectivity index (χ0) is 14.5. The van der Waals surface area contributed by atoms with Crippen molar-refractivity contribution in [3.05, 3.63) is 39.7 Å². The third-order valence-electron chi connectivity index (χ3n) is 2.48. The van der Waals surface area contributed by atoms with Gasteiger partial charge in [0, 0.05) is 10.8 Å². The molecular formula is C13H13ClN2OS3. The summed E-state index contributed by atoms with van der Waals surface area (Å²) < 4.78 is 0.827. The van der Waals surface area contributed by atoms with E-state index in [2.05, 4.69) is 4.98 Å². The lowest BCUT2D eigenvalue weighted by molar-refractivity contribution is 0.102. The molecule has 1 aromatic carbocycles. The molecule has 0 aliphatic carbocycles.